The molecule has 4 aromatic rings. The lowest BCUT2D eigenvalue weighted by Gasteiger charge is -2.28. The third-order valence-electron chi connectivity index (χ3n) is 7.83. The molecule has 2 atom stereocenters. The standard InChI is InChI=1S/C36H36FN2O6P/c1-4-5-23-45-34-24-27(25-13-18-30(19-14-25)46(42,43-2)44-3)15-20-31(34)35-32(21-22-33(40)26-11-16-28(37)17-12-26)38-36(41)39(35)29-9-7-6-8-10-29/h6-22,24,32,35H,4-5,23H2,1-3H3,(H,38,41)/b22-21+/t32-,35+/m0/s1. The molecule has 1 aliphatic rings. The zero-order chi connectivity index (χ0) is 32.7. The van der Waals surface area contributed by atoms with Gasteiger partial charge < -0.3 is 19.1 Å². The van der Waals surface area contributed by atoms with Crippen molar-refractivity contribution in [3.8, 4) is 16.9 Å². The number of ether oxygens (including phenoxy) is 1. The van der Waals surface area contributed by atoms with Gasteiger partial charge in [-0.15, -0.1) is 0 Å². The molecular weight excluding hydrogens is 606 g/mol. The van der Waals surface area contributed by atoms with Gasteiger partial charge in [0.05, 0.1) is 24.0 Å². The highest BCUT2D eigenvalue weighted by molar-refractivity contribution is 7.62. The van der Waals surface area contributed by atoms with Crippen molar-refractivity contribution in [1.29, 1.82) is 0 Å². The Morgan fingerprint density at radius 1 is 0.935 bits per heavy atom. The van der Waals surface area contributed by atoms with E-state index >= 15 is 0 Å². The fraction of sp³-hybridized carbons (Fsp3) is 0.222. The van der Waals surface area contributed by atoms with E-state index in [9.17, 15) is 18.5 Å². The second kappa shape index (κ2) is 14.7. The third-order valence-corrected chi connectivity index (χ3v) is 9.72. The van der Waals surface area contributed by atoms with Crippen LogP contribution in [0, 0.1) is 5.82 Å². The van der Waals surface area contributed by atoms with Crippen LogP contribution in [0.5, 0.6) is 5.75 Å². The molecule has 4 aromatic carbocycles. The molecule has 1 saturated heterocycles. The second-order valence-corrected chi connectivity index (χ2v) is 13.0. The number of para-hydroxylation sites is 1. The minimum atomic E-state index is -3.40. The van der Waals surface area contributed by atoms with Gasteiger partial charge in [-0.1, -0.05) is 61.9 Å². The SMILES string of the molecule is CCCCOc1cc(-c2ccc(P(=O)(OC)OC)cc2)ccc1[C@@H]1[C@H](/C=C/C(=O)c2ccc(F)cc2)NC(=O)N1c1ccccc1. The van der Waals surface area contributed by atoms with Crippen molar-refractivity contribution in [3.05, 3.63) is 126 Å². The topological polar surface area (TPSA) is 94.2 Å². The molecule has 238 valence electrons. The summed E-state index contributed by atoms with van der Waals surface area (Å²) in [6.07, 6.45) is 4.85. The molecule has 0 saturated carbocycles. The maximum absolute atomic E-state index is 13.5. The summed E-state index contributed by atoms with van der Waals surface area (Å²) >= 11 is 0. The summed E-state index contributed by atoms with van der Waals surface area (Å²) in [5.74, 6) is -0.141. The zero-order valence-electron chi connectivity index (χ0n) is 25.9. The summed E-state index contributed by atoms with van der Waals surface area (Å²) in [6, 6.07) is 26.1. The minimum absolute atomic E-state index is 0.309. The maximum atomic E-state index is 13.5. The minimum Gasteiger partial charge on any atom is -0.493 e. The van der Waals surface area contributed by atoms with Crippen LogP contribution in [-0.2, 0) is 13.6 Å². The number of hydrogen-bond donors (Lipinski definition) is 1. The van der Waals surface area contributed by atoms with E-state index in [1.165, 1.54) is 44.6 Å². The van der Waals surface area contributed by atoms with Gasteiger partial charge in [0, 0.05) is 31.0 Å². The van der Waals surface area contributed by atoms with E-state index < -0.39 is 25.5 Å². The zero-order valence-corrected chi connectivity index (χ0v) is 26.8. The van der Waals surface area contributed by atoms with Crippen LogP contribution in [0.3, 0.4) is 0 Å². The van der Waals surface area contributed by atoms with E-state index in [1.807, 2.05) is 60.7 Å². The Labute approximate surface area is 268 Å². The molecule has 0 radical (unpaired) electrons. The Hall–Kier alpha value is -4.56. The number of nitrogens with zero attached hydrogens (tertiary/aromatic N) is 1. The molecule has 1 heterocycles. The van der Waals surface area contributed by atoms with Crippen LogP contribution >= 0.6 is 7.60 Å². The van der Waals surface area contributed by atoms with Crippen LogP contribution in [0.25, 0.3) is 11.1 Å². The summed E-state index contributed by atoms with van der Waals surface area (Å²) in [6.45, 7) is 2.55. The molecule has 1 fully saturated rings. The number of anilines is 1. The van der Waals surface area contributed by atoms with Crippen LogP contribution in [0.4, 0.5) is 14.9 Å². The van der Waals surface area contributed by atoms with Gasteiger partial charge >= 0.3 is 13.6 Å². The summed E-state index contributed by atoms with van der Waals surface area (Å²) < 4.78 is 42.9. The Morgan fingerprint density at radius 2 is 1.61 bits per heavy atom. The van der Waals surface area contributed by atoms with Gasteiger partial charge in [0.1, 0.15) is 11.6 Å². The van der Waals surface area contributed by atoms with Gasteiger partial charge in [-0.2, -0.15) is 0 Å². The molecule has 10 heteroatoms. The molecule has 46 heavy (non-hydrogen) atoms. The van der Waals surface area contributed by atoms with Crippen molar-refractivity contribution in [2.75, 3.05) is 25.7 Å². The lowest BCUT2D eigenvalue weighted by atomic mass is 9.94. The largest absolute Gasteiger partial charge is 0.493 e. The summed E-state index contributed by atoms with van der Waals surface area (Å²) in [7, 11) is -0.703. The number of ketones is 1. The number of urea groups is 1. The van der Waals surface area contributed by atoms with Crippen LogP contribution in [-0.4, -0.2) is 38.7 Å². The number of unbranched alkanes of at least 4 members (excludes halogenated alkanes) is 1. The number of rotatable bonds is 13. The van der Waals surface area contributed by atoms with E-state index in [4.69, 9.17) is 13.8 Å². The van der Waals surface area contributed by atoms with Crippen molar-refractivity contribution in [3.63, 3.8) is 0 Å². The number of benzene rings is 4. The number of carbonyl (C=O) groups excluding carboxylic acids is 2. The Balaban J connectivity index is 1.55. The monoisotopic (exact) mass is 642 g/mol. The second-order valence-electron chi connectivity index (χ2n) is 10.7. The highest BCUT2D eigenvalue weighted by atomic mass is 31.2. The quantitative estimate of drug-likeness (QED) is 0.0691. The van der Waals surface area contributed by atoms with Crippen molar-refractivity contribution in [1.82, 2.24) is 5.32 Å². The lowest BCUT2D eigenvalue weighted by Crippen LogP contribution is -2.29. The Kier molecular flexibility index (Phi) is 10.5. The van der Waals surface area contributed by atoms with Crippen LogP contribution in [0.2, 0.25) is 0 Å². The predicted octanol–water partition coefficient (Wildman–Crippen LogP) is 7.86. The van der Waals surface area contributed by atoms with Gasteiger partial charge in [-0.3, -0.25) is 14.3 Å². The van der Waals surface area contributed by atoms with Gasteiger partial charge in [-0.05, 0) is 78.2 Å². The predicted molar refractivity (Wildman–Crippen MR) is 177 cm³/mol. The van der Waals surface area contributed by atoms with Crippen molar-refractivity contribution >= 4 is 30.4 Å². The first-order valence-corrected chi connectivity index (χ1v) is 16.5. The molecule has 5 rings (SSSR count). The lowest BCUT2D eigenvalue weighted by molar-refractivity contribution is 0.104. The van der Waals surface area contributed by atoms with Crippen molar-refractivity contribution in [2.24, 2.45) is 0 Å². The fourth-order valence-corrected chi connectivity index (χ4v) is 6.45. The molecule has 0 aliphatic carbocycles. The van der Waals surface area contributed by atoms with Gasteiger partial charge in [0.15, 0.2) is 5.78 Å². The first-order valence-electron chi connectivity index (χ1n) is 15.0. The smallest absolute Gasteiger partial charge is 0.360 e. The molecule has 0 aromatic heterocycles. The van der Waals surface area contributed by atoms with Crippen molar-refractivity contribution < 1.29 is 32.3 Å². The summed E-state index contributed by atoms with van der Waals surface area (Å²) in [5, 5.41) is 3.46. The van der Waals surface area contributed by atoms with E-state index in [0.717, 1.165) is 29.5 Å². The van der Waals surface area contributed by atoms with Gasteiger partial charge in [0.25, 0.3) is 0 Å². The first kappa shape index (κ1) is 32.8. The molecule has 0 unspecified atom stereocenters. The van der Waals surface area contributed by atoms with Crippen LogP contribution < -0.4 is 20.3 Å². The average molecular weight is 643 g/mol. The molecular formula is C36H36FN2O6P. The molecule has 0 bridgehead atoms. The highest BCUT2D eigenvalue weighted by Crippen LogP contribution is 2.45. The molecule has 2 amide bonds. The molecule has 8 nitrogen and oxygen atoms in total. The number of allylic oxidation sites excluding steroid dienone is 1. The normalized spacial score (nSPS) is 16.5. The van der Waals surface area contributed by atoms with E-state index in [2.05, 4.69) is 12.2 Å². The fourth-order valence-electron chi connectivity index (χ4n) is 5.36. The van der Waals surface area contributed by atoms with E-state index in [0.29, 0.717) is 28.9 Å². The first-order chi connectivity index (χ1) is 22.3. The Morgan fingerprint density at radius 3 is 2.26 bits per heavy atom. The van der Waals surface area contributed by atoms with E-state index in [1.54, 1.807) is 23.1 Å². The van der Waals surface area contributed by atoms with Gasteiger partial charge in [0.2, 0.25) is 0 Å². The number of amides is 2. The number of nitrogens with one attached hydrogen (secondary N) is 1. The molecule has 1 aliphatic heterocycles. The Bertz CT molecular complexity index is 1740. The maximum Gasteiger partial charge on any atom is 0.360 e. The number of hydrogen-bond acceptors (Lipinski definition) is 6. The highest BCUT2D eigenvalue weighted by Gasteiger charge is 2.41. The number of halogens is 1. The van der Waals surface area contributed by atoms with Crippen LogP contribution in [0.15, 0.2) is 109 Å². The average Bonchev–Trinajstić information content (AvgIpc) is 3.42. The van der Waals surface area contributed by atoms with Crippen LogP contribution in [0.1, 0.15) is 41.7 Å². The molecule has 1 N–H and O–H groups in total. The summed E-state index contributed by atoms with van der Waals surface area (Å²) in [4.78, 5) is 28.1. The van der Waals surface area contributed by atoms with E-state index in [-0.39, 0.29) is 11.8 Å². The van der Waals surface area contributed by atoms with Crippen molar-refractivity contribution in [2.45, 2.75) is 31.8 Å². The van der Waals surface area contributed by atoms with Gasteiger partial charge in [-0.25, -0.2) is 9.18 Å². The summed E-state index contributed by atoms with van der Waals surface area (Å²) in [5.41, 5.74) is 3.49. The number of carbonyl (C=O) groups is 2. The third kappa shape index (κ3) is 7.12. The molecule has 0 spiro atoms.